The first-order chi connectivity index (χ1) is 13.6. The van der Waals surface area contributed by atoms with Gasteiger partial charge < -0.3 is 20.8 Å². The molecule has 0 bridgehead atoms. The molecule has 1 aliphatic carbocycles. The third kappa shape index (κ3) is 3.40. The second-order valence-corrected chi connectivity index (χ2v) is 9.37. The van der Waals surface area contributed by atoms with Gasteiger partial charge in [-0.25, -0.2) is 0 Å². The fraction of sp³-hybridized carbons (Fsp3) is 0.375. The minimum Gasteiger partial charge on any atom is -0.492 e. The highest BCUT2D eigenvalue weighted by Crippen LogP contribution is 2.44. The molecule has 1 aliphatic rings. The summed E-state index contributed by atoms with van der Waals surface area (Å²) in [7, 11) is 0. The second kappa shape index (κ2) is 6.63. The van der Waals surface area contributed by atoms with Gasteiger partial charge in [0.25, 0.3) is 0 Å². The molecular formula is C24H29N3O2. The molecule has 0 fully saturated rings. The number of carbonyl (C=O) groups excluding carboxylic acids is 1. The average Bonchev–Trinajstić information content (AvgIpc) is 3.02. The van der Waals surface area contributed by atoms with Crippen molar-refractivity contribution in [3.05, 3.63) is 58.8 Å². The lowest BCUT2D eigenvalue weighted by Gasteiger charge is -2.32. The molecule has 3 aromatic rings. The minimum atomic E-state index is -0.352. The molecule has 0 saturated heterocycles. The summed E-state index contributed by atoms with van der Waals surface area (Å²) >= 11 is 0. The van der Waals surface area contributed by atoms with Crippen LogP contribution in [-0.2, 0) is 5.41 Å². The van der Waals surface area contributed by atoms with Gasteiger partial charge in [-0.15, -0.1) is 0 Å². The Labute approximate surface area is 171 Å². The van der Waals surface area contributed by atoms with E-state index in [2.05, 4.69) is 44.9 Å². The van der Waals surface area contributed by atoms with Crippen molar-refractivity contribution in [3.8, 4) is 5.75 Å². The Morgan fingerprint density at radius 1 is 1.14 bits per heavy atom. The molecule has 29 heavy (non-hydrogen) atoms. The van der Waals surface area contributed by atoms with E-state index in [0.29, 0.717) is 12.3 Å². The van der Waals surface area contributed by atoms with E-state index in [1.807, 2.05) is 36.4 Å². The Morgan fingerprint density at radius 3 is 2.62 bits per heavy atom. The summed E-state index contributed by atoms with van der Waals surface area (Å²) in [5, 5.41) is 4.34. The van der Waals surface area contributed by atoms with Gasteiger partial charge in [0.15, 0.2) is 5.78 Å². The SMILES string of the molecule is CC(C)(C)NCCOc1ccc2c(c1)C(C)(C)c1[nH]c3cc(N)ccc3c1C2=O. The molecule has 1 aromatic heterocycles. The molecule has 0 atom stereocenters. The quantitative estimate of drug-likeness (QED) is 0.455. The molecule has 4 rings (SSSR count). The van der Waals surface area contributed by atoms with Gasteiger partial charge in [-0.2, -0.15) is 0 Å². The molecule has 0 unspecified atom stereocenters. The molecule has 0 aliphatic heterocycles. The topological polar surface area (TPSA) is 80.1 Å². The van der Waals surface area contributed by atoms with Crippen LogP contribution in [0.5, 0.6) is 5.75 Å². The summed E-state index contributed by atoms with van der Waals surface area (Å²) in [6.07, 6.45) is 0. The van der Waals surface area contributed by atoms with E-state index >= 15 is 0 Å². The number of carbonyl (C=O) groups is 1. The predicted octanol–water partition coefficient (Wildman–Crippen LogP) is 4.39. The van der Waals surface area contributed by atoms with E-state index in [4.69, 9.17) is 10.5 Å². The number of hydrogen-bond acceptors (Lipinski definition) is 4. The second-order valence-electron chi connectivity index (χ2n) is 9.37. The number of aromatic amines is 1. The van der Waals surface area contributed by atoms with Crippen molar-refractivity contribution in [2.75, 3.05) is 18.9 Å². The van der Waals surface area contributed by atoms with Crippen molar-refractivity contribution < 1.29 is 9.53 Å². The molecule has 0 amide bonds. The first kappa shape index (κ1) is 19.5. The lowest BCUT2D eigenvalue weighted by molar-refractivity contribution is 0.103. The molecule has 1 heterocycles. The van der Waals surface area contributed by atoms with Crippen molar-refractivity contribution in [1.82, 2.24) is 10.3 Å². The highest BCUT2D eigenvalue weighted by molar-refractivity contribution is 6.20. The largest absolute Gasteiger partial charge is 0.492 e. The lowest BCUT2D eigenvalue weighted by Crippen LogP contribution is -2.38. The molecule has 152 valence electrons. The van der Waals surface area contributed by atoms with Gasteiger partial charge in [-0.3, -0.25) is 4.79 Å². The van der Waals surface area contributed by atoms with Crippen LogP contribution < -0.4 is 15.8 Å². The van der Waals surface area contributed by atoms with Crippen molar-refractivity contribution in [2.45, 2.75) is 45.6 Å². The lowest BCUT2D eigenvalue weighted by atomic mass is 9.71. The summed E-state index contributed by atoms with van der Waals surface area (Å²) in [4.78, 5) is 16.8. The van der Waals surface area contributed by atoms with Crippen molar-refractivity contribution in [1.29, 1.82) is 0 Å². The number of anilines is 1. The molecule has 5 nitrogen and oxygen atoms in total. The zero-order valence-corrected chi connectivity index (χ0v) is 17.8. The van der Waals surface area contributed by atoms with Crippen LogP contribution in [0.25, 0.3) is 10.9 Å². The van der Waals surface area contributed by atoms with Gasteiger partial charge >= 0.3 is 0 Å². The highest BCUT2D eigenvalue weighted by atomic mass is 16.5. The number of ketones is 1. The minimum absolute atomic E-state index is 0.0475. The first-order valence-electron chi connectivity index (χ1n) is 10.1. The maximum Gasteiger partial charge on any atom is 0.195 e. The van der Waals surface area contributed by atoms with Crippen LogP contribution in [0.15, 0.2) is 36.4 Å². The van der Waals surface area contributed by atoms with Crippen molar-refractivity contribution >= 4 is 22.4 Å². The van der Waals surface area contributed by atoms with E-state index in [-0.39, 0.29) is 16.7 Å². The molecule has 4 N–H and O–H groups in total. The van der Waals surface area contributed by atoms with Crippen LogP contribution in [0.1, 0.15) is 61.8 Å². The van der Waals surface area contributed by atoms with Crippen LogP contribution >= 0.6 is 0 Å². The van der Waals surface area contributed by atoms with Crippen LogP contribution in [0.3, 0.4) is 0 Å². The Kier molecular flexibility index (Phi) is 4.46. The number of nitrogen functional groups attached to an aromatic ring is 1. The third-order valence-electron chi connectivity index (χ3n) is 5.61. The van der Waals surface area contributed by atoms with Crippen LogP contribution in [-0.4, -0.2) is 29.5 Å². The van der Waals surface area contributed by atoms with Crippen LogP contribution in [0.4, 0.5) is 5.69 Å². The van der Waals surface area contributed by atoms with Gasteiger partial charge in [0.2, 0.25) is 0 Å². The summed E-state index contributed by atoms with van der Waals surface area (Å²) in [6.45, 7) is 12.0. The number of rotatable bonds is 4. The fourth-order valence-electron chi connectivity index (χ4n) is 4.11. The van der Waals surface area contributed by atoms with Gasteiger partial charge in [0, 0.05) is 45.3 Å². The maximum absolute atomic E-state index is 13.3. The smallest absolute Gasteiger partial charge is 0.195 e. The van der Waals surface area contributed by atoms with Crippen LogP contribution in [0, 0.1) is 0 Å². The monoisotopic (exact) mass is 391 g/mol. The van der Waals surface area contributed by atoms with Gasteiger partial charge in [0.1, 0.15) is 12.4 Å². The number of hydrogen-bond donors (Lipinski definition) is 3. The van der Waals surface area contributed by atoms with E-state index in [1.165, 1.54) is 0 Å². The summed E-state index contributed by atoms with van der Waals surface area (Å²) in [6, 6.07) is 11.5. The van der Waals surface area contributed by atoms with Gasteiger partial charge in [0.05, 0.1) is 5.56 Å². The molecule has 0 spiro atoms. The summed E-state index contributed by atoms with van der Waals surface area (Å²) in [5.41, 5.74) is 10.6. The molecule has 2 aromatic carbocycles. The summed E-state index contributed by atoms with van der Waals surface area (Å²) in [5.74, 6) is 0.829. The Balaban J connectivity index is 1.69. The standard InChI is InChI=1S/C24H29N3O2/c1-23(2,3)26-10-11-29-15-7-9-16-18(13-15)24(4,5)22-20(21(16)28)17-8-6-14(25)12-19(17)27-22/h6-9,12-13,26-27H,10-11,25H2,1-5H3. The molecule has 0 saturated carbocycles. The zero-order valence-electron chi connectivity index (χ0n) is 17.8. The maximum atomic E-state index is 13.3. The Bertz CT molecular complexity index is 1100. The Hall–Kier alpha value is -2.79. The normalized spacial score (nSPS) is 15.3. The average molecular weight is 392 g/mol. The summed E-state index contributed by atoms with van der Waals surface area (Å²) < 4.78 is 5.96. The number of fused-ring (bicyclic) bond motifs is 4. The first-order valence-corrected chi connectivity index (χ1v) is 10.1. The van der Waals surface area contributed by atoms with Crippen LogP contribution in [0.2, 0.25) is 0 Å². The highest BCUT2D eigenvalue weighted by Gasteiger charge is 2.39. The van der Waals surface area contributed by atoms with E-state index in [1.54, 1.807) is 0 Å². The number of nitrogens with two attached hydrogens (primary N) is 1. The number of ether oxygens (including phenoxy) is 1. The van der Waals surface area contributed by atoms with E-state index in [9.17, 15) is 4.79 Å². The molecular weight excluding hydrogens is 362 g/mol. The number of benzene rings is 2. The van der Waals surface area contributed by atoms with E-state index < -0.39 is 0 Å². The third-order valence-corrected chi connectivity index (χ3v) is 5.61. The Morgan fingerprint density at radius 2 is 1.90 bits per heavy atom. The van der Waals surface area contributed by atoms with Crippen molar-refractivity contribution in [3.63, 3.8) is 0 Å². The van der Waals surface area contributed by atoms with Gasteiger partial charge in [-0.05, 0) is 56.7 Å². The number of aromatic nitrogens is 1. The fourth-order valence-corrected chi connectivity index (χ4v) is 4.11. The number of H-pyrrole nitrogens is 1. The van der Waals surface area contributed by atoms with Crippen molar-refractivity contribution in [2.24, 2.45) is 0 Å². The zero-order chi connectivity index (χ0) is 21.0. The number of nitrogens with one attached hydrogen (secondary N) is 2. The molecule has 0 radical (unpaired) electrons. The van der Waals surface area contributed by atoms with Gasteiger partial charge in [-0.1, -0.05) is 19.9 Å². The predicted molar refractivity (Wildman–Crippen MR) is 118 cm³/mol. The molecule has 5 heteroatoms. The van der Waals surface area contributed by atoms with E-state index in [0.717, 1.165) is 45.6 Å².